The molecule has 0 aromatic heterocycles. The second-order valence-electron chi connectivity index (χ2n) is 6.24. The minimum atomic E-state index is -0.911. The minimum Gasteiger partial charge on any atom is -0.481 e. The van der Waals surface area contributed by atoms with E-state index >= 15 is 0 Å². The average molecular weight is 270 g/mol. The smallest absolute Gasteiger partial charge is 0.315 e. The Labute approximate surface area is 115 Å². The zero-order valence-electron chi connectivity index (χ0n) is 12.2. The van der Waals surface area contributed by atoms with Gasteiger partial charge in [0.2, 0.25) is 0 Å². The van der Waals surface area contributed by atoms with E-state index in [9.17, 15) is 9.59 Å². The highest BCUT2D eigenvalue weighted by Gasteiger charge is 2.26. The summed E-state index contributed by atoms with van der Waals surface area (Å²) in [5.74, 6) is -0.368. The highest BCUT2D eigenvalue weighted by atomic mass is 16.4. The van der Waals surface area contributed by atoms with E-state index in [1.807, 2.05) is 6.92 Å². The van der Waals surface area contributed by atoms with Gasteiger partial charge in [0.05, 0.1) is 6.42 Å². The van der Waals surface area contributed by atoms with E-state index in [1.165, 1.54) is 32.1 Å². The quantitative estimate of drug-likeness (QED) is 0.718. The summed E-state index contributed by atoms with van der Waals surface area (Å²) in [5, 5.41) is 14.4. The Kier molecular flexibility index (Phi) is 5.63. The van der Waals surface area contributed by atoms with Crippen molar-refractivity contribution in [2.24, 2.45) is 5.92 Å². The molecule has 0 spiro atoms. The van der Waals surface area contributed by atoms with Crippen LogP contribution in [0.4, 0.5) is 4.79 Å². The number of aliphatic carboxylic acids is 1. The van der Waals surface area contributed by atoms with Gasteiger partial charge in [-0.2, -0.15) is 0 Å². The molecule has 0 aromatic carbocycles. The van der Waals surface area contributed by atoms with Gasteiger partial charge < -0.3 is 15.7 Å². The highest BCUT2D eigenvalue weighted by molar-refractivity contribution is 5.76. The van der Waals surface area contributed by atoms with Crippen molar-refractivity contribution in [3.63, 3.8) is 0 Å². The molecule has 0 aliphatic heterocycles. The van der Waals surface area contributed by atoms with Crippen LogP contribution >= 0.6 is 0 Å². The van der Waals surface area contributed by atoms with Gasteiger partial charge in [-0.15, -0.1) is 0 Å². The lowest BCUT2D eigenvalue weighted by Gasteiger charge is -2.30. The highest BCUT2D eigenvalue weighted by Crippen LogP contribution is 2.26. The second kappa shape index (κ2) is 6.78. The van der Waals surface area contributed by atoms with Gasteiger partial charge in [-0.25, -0.2) is 4.79 Å². The maximum absolute atomic E-state index is 11.9. The molecule has 0 bridgehead atoms. The molecule has 110 valence electrons. The number of urea groups is 1. The lowest BCUT2D eigenvalue weighted by molar-refractivity contribution is -0.138. The standard InChI is InChI=1S/C14H26N2O3/c1-10(11-7-5-4-6-8-11)15-13(19)16-14(2,3)9-12(17)18/h10-11H,4-9H2,1-3H3,(H,17,18)(H2,15,16,19). The first-order valence-electron chi connectivity index (χ1n) is 7.10. The molecule has 0 aromatic rings. The van der Waals surface area contributed by atoms with E-state index in [1.54, 1.807) is 13.8 Å². The Hall–Kier alpha value is -1.26. The van der Waals surface area contributed by atoms with Crippen molar-refractivity contribution >= 4 is 12.0 Å². The van der Waals surface area contributed by atoms with Gasteiger partial charge in [-0.05, 0) is 39.5 Å². The lowest BCUT2D eigenvalue weighted by atomic mass is 9.84. The number of carbonyl (C=O) groups is 2. The van der Waals surface area contributed by atoms with Gasteiger partial charge in [0.15, 0.2) is 0 Å². The molecule has 5 nitrogen and oxygen atoms in total. The Morgan fingerprint density at radius 1 is 1.26 bits per heavy atom. The Morgan fingerprint density at radius 3 is 2.37 bits per heavy atom. The van der Waals surface area contributed by atoms with E-state index < -0.39 is 11.5 Å². The molecule has 0 radical (unpaired) electrons. The number of rotatable bonds is 5. The maximum atomic E-state index is 11.9. The monoisotopic (exact) mass is 270 g/mol. The number of hydrogen-bond donors (Lipinski definition) is 3. The van der Waals surface area contributed by atoms with Crippen molar-refractivity contribution in [3.8, 4) is 0 Å². The predicted octanol–water partition coefficient (Wildman–Crippen LogP) is 2.51. The van der Waals surface area contributed by atoms with Gasteiger partial charge in [0, 0.05) is 11.6 Å². The van der Waals surface area contributed by atoms with Crippen LogP contribution in [0.25, 0.3) is 0 Å². The predicted molar refractivity (Wildman–Crippen MR) is 74.0 cm³/mol. The maximum Gasteiger partial charge on any atom is 0.315 e. The zero-order chi connectivity index (χ0) is 14.5. The summed E-state index contributed by atoms with van der Waals surface area (Å²) < 4.78 is 0. The molecule has 3 N–H and O–H groups in total. The fourth-order valence-electron chi connectivity index (χ4n) is 2.72. The van der Waals surface area contributed by atoms with Crippen molar-refractivity contribution in [2.75, 3.05) is 0 Å². The number of hydrogen-bond acceptors (Lipinski definition) is 2. The molecule has 1 aliphatic carbocycles. The zero-order valence-corrected chi connectivity index (χ0v) is 12.2. The SMILES string of the molecule is CC(NC(=O)NC(C)(C)CC(=O)O)C1CCCCC1. The van der Waals surface area contributed by atoms with Gasteiger partial charge in [-0.1, -0.05) is 19.3 Å². The molecule has 2 amide bonds. The Morgan fingerprint density at radius 2 is 1.84 bits per heavy atom. The van der Waals surface area contributed by atoms with Crippen LogP contribution in [-0.2, 0) is 4.79 Å². The topological polar surface area (TPSA) is 78.4 Å². The minimum absolute atomic E-state index is 0.0851. The summed E-state index contributed by atoms with van der Waals surface area (Å²) in [5.41, 5.74) is -0.734. The summed E-state index contributed by atoms with van der Waals surface area (Å²) in [6.45, 7) is 5.46. The van der Waals surface area contributed by atoms with E-state index in [2.05, 4.69) is 10.6 Å². The normalized spacial score (nSPS) is 18.7. The number of carbonyl (C=O) groups excluding carboxylic acids is 1. The Bertz CT molecular complexity index is 323. The lowest BCUT2D eigenvalue weighted by Crippen LogP contribution is -2.52. The first-order valence-corrected chi connectivity index (χ1v) is 7.10. The summed E-state index contributed by atoms with van der Waals surface area (Å²) in [6.07, 6.45) is 6.02. The molecule has 1 saturated carbocycles. The van der Waals surface area contributed by atoms with E-state index in [0.717, 1.165) is 0 Å². The van der Waals surface area contributed by atoms with Crippen LogP contribution in [-0.4, -0.2) is 28.7 Å². The molecule has 1 fully saturated rings. The number of carboxylic acid groups (broad SMARTS) is 1. The molecule has 19 heavy (non-hydrogen) atoms. The molecule has 0 heterocycles. The van der Waals surface area contributed by atoms with E-state index in [0.29, 0.717) is 5.92 Å². The fourth-order valence-corrected chi connectivity index (χ4v) is 2.72. The second-order valence-corrected chi connectivity index (χ2v) is 6.24. The van der Waals surface area contributed by atoms with Gasteiger partial charge in [0.1, 0.15) is 0 Å². The molecule has 1 aliphatic rings. The van der Waals surface area contributed by atoms with Crippen LogP contribution in [0.3, 0.4) is 0 Å². The van der Waals surface area contributed by atoms with Crippen LogP contribution in [0.1, 0.15) is 59.3 Å². The van der Waals surface area contributed by atoms with Gasteiger partial charge >= 0.3 is 12.0 Å². The summed E-state index contributed by atoms with van der Waals surface area (Å²) in [7, 11) is 0. The van der Waals surface area contributed by atoms with Crippen LogP contribution in [0, 0.1) is 5.92 Å². The number of amides is 2. The van der Waals surface area contributed by atoms with E-state index in [4.69, 9.17) is 5.11 Å². The largest absolute Gasteiger partial charge is 0.481 e. The molecule has 1 atom stereocenters. The summed E-state index contributed by atoms with van der Waals surface area (Å²) >= 11 is 0. The van der Waals surface area contributed by atoms with Crippen LogP contribution in [0.5, 0.6) is 0 Å². The first kappa shape index (κ1) is 15.8. The summed E-state index contributed by atoms with van der Waals surface area (Å²) in [6, 6.07) is -0.134. The van der Waals surface area contributed by atoms with E-state index in [-0.39, 0.29) is 18.5 Å². The van der Waals surface area contributed by atoms with Gasteiger partial charge in [0.25, 0.3) is 0 Å². The third-order valence-corrected chi connectivity index (χ3v) is 3.76. The number of carboxylic acids is 1. The molecule has 5 heteroatoms. The first-order chi connectivity index (χ1) is 8.80. The molecule has 1 rings (SSSR count). The van der Waals surface area contributed by atoms with Crippen molar-refractivity contribution in [2.45, 2.75) is 70.9 Å². The molecule has 1 unspecified atom stereocenters. The van der Waals surface area contributed by atoms with Crippen LogP contribution in [0.15, 0.2) is 0 Å². The van der Waals surface area contributed by atoms with Crippen LogP contribution in [0.2, 0.25) is 0 Å². The third-order valence-electron chi connectivity index (χ3n) is 3.76. The number of nitrogens with one attached hydrogen (secondary N) is 2. The summed E-state index contributed by atoms with van der Waals surface area (Å²) in [4.78, 5) is 22.6. The van der Waals surface area contributed by atoms with Crippen molar-refractivity contribution in [3.05, 3.63) is 0 Å². The average Bonchev–Trinajstić information content (AvgIpc) is 2.27. The van der Waals surface area contributed by atoms with Crippen LogP contribution < -0.4 is 10.6 Å². The molecule has 0 saturated heterocycles. The molecular weight excluding hydrogens is 244 g/mol. The van der Waals surface area contributed by atoms with Crippen molar-refractivity contribution in [1.82, 2.24) is 10.6 Å². The fraction of sp³-hybridized carbons (Fsp3) is 0.857. The van der Waals surface area contributed by atoms with Crippen molar-refractivity contribution in [1.29, 1.82) is 0 Å². The Balaban J connectivity index is 2.39. The third kappa shape index (κ3) is 5.94. The molecular formula is C14H26N2O3. The van der Waals surface area contributed by atoms with Gasteiger partial charge in [-0.3, -0.25) is 4.79 Å². The van der Waals surface area contributed by atoms with Crippen molar-refractivity contribution < 1.29 is 14.7 Å².